The van der Waals surface area contributed by atoms with Crippen molar-refractivity contribution in [2.24, 2.45) is 5.84 Å². The molecule has 2 aromatic heterocycles. The maximum Gasteiger partial charge on any atom is 0.252 e. The van der Waals surface area contributed by atoms with Gasteiger partial charge < -0.3 is 10.7 Å². The first kappa shape index (κ1) is 14.9. The molecule has 0 spiro atoms. The lowest BCUT2D eigenvalue weighted by atomic mass is 10.1. The minimum Gasteiger partial charge on any atom is -0.342 e. The zero-order valence-corrected chi connectivity index (χ0v) is 12.2. The number of aromatic nitrogens is 4. The van der Waals surface area contributed by atoms with E-state index in [1.165, 1.54) is 6.33 Å². The first-order chi connectivity index (χ1) is 10.0. The molecule has 2 aromatic rings. The standard InChI is InChI=1S/C13H19N7O/c1-7(2)10-4-9(5-11(18-10)19-14)13(21)17-8(3)12-15-6-16-20-12/h4-8H,14H2,1-3H3,(H,17,21)(H,18,19)(H,15,16,20). The number of rotatable bonds is 5. The number of H-pyrrole nitrogens is 1. The highest BCUT2D eigenvalue weighted by Gasteiger charge is 2.16. The molecule has 8 heteroatoms. The summed E-state index contributed by atoms with van der Waals surface area (Å²) in [6.07, 6.45) is 1.40. The number of pyridine rings is 1. The van der Waals surface area contributed by atoms with E-state index in [0.29, 0.717) is 17.2 Å². The Morgan fingerprint density at radius 2 is 2.10 bits per heavy atom. The summed E-state index contributed by atoms with van der Waals surface area (Å²) in [5, 5.41) is 9.34. The van der Waals surface area contributed by atoms with E-state index >= 15 is 0 Å². The number of carbonyl (C=O) groups excluding carboxylic acids is 1. The highest BCUT2D eigenvalue weighted by molar-refractivity contribution is 5.95. The predicted octanol–water partition coefficient (Wildman–Crippen LogP) is 1.10. The first-order valence-electron chi connectivity index (χ1n) is 6.66. The number of nitrogens with one attached hydrogen (secondary N) is 3. The van der Waals surface area contributed by atoms with Crippen LogP contribution in [-0.2, 0) is 0 Å². The molecule has 21 heavy (non-hydrogen) atoms. The predicted molar refractivity (Wildman–Crippen MR) is 78.4 cm³/mol. The Balaban J connectivity index is 2.20. The summed E-state index contributed by atoms with van der Waals surface area (Å²) in [4.78, 5) is 20.7. The Kier molecular flexibility index (Phi) is 4.49. The summed E-state index contributed by atoms with van der Waals surface area (Å²) in [6.45, 7) is 5.83. The van der Waals surface area contributed by atoms with Crippen LogP contribution in [0.4, 0.5) is 5.82 Å². The number of anilines is 1. The number of nitrogens with zero attached hydrogens (tertiary/aromatic N) is 3. The molecule has 0 saturated heterocycles. The highest BCUT2D eigenvalue weighted by atomic mass is 16.1. The molecule has 2 rings (SSSR count). The molecule has 0 saturated carbocycles. The van der Waals surface area contributed by atoms with E-state index in [-0.39, 0.29) is 17.9 Å². The molecule has 5 N–H and O–H groups in total. The van der Waals surface area contributed by atoms with Gasteiger partial charge in [0.25, 0.3) is 5.91 Å². The van der Waals surface area contributed by atoms with Crippen molar-refractivity contribution in [1.29, 1.82) is 0 Å². The molecule has 0 aliphatic carbocycles. The molecule has 1 atom stereocenters. The molecule has 0 aliphatic heterocycles. The Labute approximate surface area is 122 Å². The van der Waals surface area contributed by atoms with Crippen molar-refractivity contribution in [3.05, 3.63) is 35.5 Å². The summed E-state index contributed by atoms with van der Waals surface area (Å²) in [6, 6.07) is 3.09. The van der Waals surface area contributed by atoms with E-state index in [2.05, 4.69) is 30.9 Å². The van der Waals surface area contributed by atoms with Gasteiger partial charge in [-0.25, -0.2) is 15.8 Å². The van der Waals surface area contributed by atoms with Gasteiger partial charge in [0.2, 0.25) is 0 Å². The molecule has 112 valence electrons. The summed E-state index contributed by atoms with van der Waals surface area (Å²) < 4.78 is 0. The van der Waals surface area contributed by atoms with Crippen LogP contribution in [-0.4, -0.2) is 26.1 Å². The van der Waals surface area contributed by atoms with Gasteiger partial charge in [-0.15, -0.1) is 0 Å². The zero-order valence-electron chi connectivity index (χ0n) is 12.2. The van der Waals surface area contributed by atoms with Crippen LogP contribution in [0, 0.1) is 0 Å². The third-order valence-corrected chi connectivity index (χ3v) is 3.04. The number of amides is 1. The fourth-order valence-electron chi connectivity index (χ4n) is 1.82. The molecule has 2 heterocycles. The first-order valence-corrected chi connectivity index (χ1v) is 6.66. The van der Waals surface area contributed by atoms with Crippen molar-refractivity contribution >= 4 is 11.7 Å². The SMILES string of the molecule is CC(C)c1cc(C(=O)NC(C)c2ncn[nH]2)cc(NN)n1. The largest absolute Gasteiger partial charge is 0.342 e. The quantitative estimate of drug-likeness (QED) is 0.483. The van der Waals surface area contributed by atoms with Crippen molar-refractivity contribution in [1.82, 2.24) is 25.5 Å². The van der Waals surface area contributed by atoms with Crippen molar-refractivity contribution in [3.8, 4) is 0 Å². The lowest BCUT2D eigenvalue weighted by Crippen LogP contribution is -2.28. The summed E-state index contributed by atoms with van der Waals surface area (Å²) in [5.41, 5.74) is 3.77. The van der Waals surface area contributed by atoms with Gasteiger partial charge in [-0.1, -0.05) is 13.8 Å². The Hall–Kier alpha value is -2.48. The van der Waals surface area contributed by atoms with Gasteiger partial charge in [0.05, 0.1) is 6.04 Å². The number of hydrazine groups is 1. The second-order valence-corrected chi connectivity index (χ2v) is 5.03. The zero-order chi connectivity index (χ0) is 15.4. The summed E-state index contributed by atoms with van der Waals surface area (Å²) in [5.74, 6) is 6.42. The van der Waals surface area contributed by atoms with E-state index in [9.17, 15) is 4.79 Å². The number of aromatic amines is 1. The molecule has 0 radical (unpaired) electrons. The van der Waals surface area contributed by atoms with E-state index in [1.54, 1.807) is 12.1 Å². The van der Waals surface area contributed by atoms with Gasteiger partial charge in [0.1, 0.15) is 18.0 Å². The van der Waals surface area contributed by atoms with Crippen LogP contribution in [0.3, 0.4) is 0 Å². The fourth-order valence-corrected chi connectivity index (χ4v) is 1.82. The molecule has 0 aromatic carbocycles. The van der Waals surface area contributed by atoms with Gasteiger partial charge >= 0.3 is 0 Å². The second kappa shape index (κ2) is 6.31. The molecular formula is C13H19N7O. The average molecular weight is 289 g/mol. The molecule has 1 amide bonds. The molecule has 0 bridgehead atoms. The third kappa shape index (κ3) is 3.54. The molecule has 0 fully saturated rings. The van der Waals surface area contributed by atoms with Gasteiger partial charge in [-0.05, 0) is 25.0 Å². The van der Waals surface area contributed by atoms with Gasteiger partial charge in [-0.3, -0.25) is 9.89 Å². The Morgan fingerprint density at radius 1 is 1.33 bits per heavy atom. The maximum absolute atomic E-state index is 12.3. The van der Waals surface area contributed by atoms with Gasteiger partial charge in [-0.2, -0.15) is 5.10 Å². The number of carbonyl (C=O) groups is 1. The van der Waals surface area contributed by atoms with E-state index in [1.807, 2.05) is 20.8 Å². The van der Waals surface area contributed by atoms with Crippen molar-refractivity contribution < 1.29 is 4.79 Å². The summed E-state index contributed by atoms with van der Waals surface area (Å²) >= 11 is 0. The normalized spacial score (nSPS) is 12.2. The number of nitrogen functional groups attached to an aromatic ring is 1. The van der Waals surface area contributed by atoms with Crippen LogP contribution >= 0.6 is 0 Å². The molecule has 8 nitrogen and oxygen atoms in total. The van der Waals surface area contributed by atoms with Crippen molar-refractivity contribution in [3.63, 3.8) is 0 Å². The monoisotopic (exact) mass is 289 g/mol. The van der Waals surface area contributed by atoms with E-state index < -0.39 is 0 Å². The minimum absolute atomic E-state index is 0.191. The fraction of sp³-hybridized carbons (Fsp3) is 0.385. The van der Waals surface area contributed by atoms with Crippen molar-refractivity contribution in [2.45, 2.75) is 32.7 Å². The van der Waals surface area contributed by atoms with Crippen molar-refractivity contribution in [2.75, 3.05) is 5.43 Å². The number of hydrogen-bond acceptors (Lipinski definition) is 6. The number of hydrogen-bond donors (Lipinski definition) is 4. The minimum atomic E-state index is -0.273. The van der Waals surface area contributed by atoms with Crippen LogP contribution < -0.4 is 16.6 Å². The van der Waals surface area contributed by atoms with Crippen LogP contribution in [0.1, 0.15) is 54.6 Å². The van der Waals surface area contributed by atoms with E-state index in [4.69, 9.17) is 5.84 Å². The van der Waals surface area contributed by atoms with Gasteiger partial charge in [0.15, 0.2) is 0 Å². The topological polar surface area (TPSA) is 122 Å². The lowest BCUT2D eigenvalue weighted by molar-refractivity contribution is 0.0938. The smallest absolute Gasteiger partial charge is 0.252 e. The van der Waals surface area contributed by atoms with E-state index in [0.717, 1.165) is 5.69 Å². The number of nitrogens with two attached hydrogens (primary N) is 1. The molecular weight excluding hydrogens is 270 g/mol. The molecule has 0 aliphatic rings. The second-order valence-electron chi connectivity index (χ2n) is 5.03. The molecule has 1 unspecified atom stereocenters. The lowest BCUT2D eigenvalue weighted by Gasteiger charge is -2.13. The highest BCUT2D eigenvalue weighted by Crippen LogP contribution is 2.18. The van der Waals surface area contributed by atoms with Crippen LogP contribution in [0.15, 0.2) is 18.5 Å². The van der Waals surface area contributed by atoms with Crippen LogP contribution in [0.2, 0.25) is 0 Å². The average Bonchev–Trinajstić information content (AvgIpc) is 3.00. The Morgan fingerprint density at radius 3 is 2.67 bits per heavy atom. The maximum atomic E-state index is 12.3. The van der Waals surface area contributed by atoms with Crippen LogP contribution in [0.25, 0.3) is 0 Å². The van der Waals surface area contributed by atoms with Crippen LogP contribution in [0.5, 0.6) is 0 Å². The Bertz CT molecular complexity index is 609. The van der Waals surface area contributed by atoms with Gasteiger partial charge in [0, 0.05) is 11.3 Å². The third-order valence-electron chi connectivity index (χ3n) is 3.04. The summed E-state index contributed by atoms with van der Waals surface area (Å²) in [7, 11) is 0.